The quantitative estimate of drug-likeness (QED) is 0.715. The van der Waals surface area contributed by atoms with E-state index in [0.717, 1.165) is 23.4 Å². The summed E-state index contributed by atoms with van der Waals surface area (Å²) >= 11 is 5.78. The molecule has 2 rings (SSSR count). The fourth-order valence-electron chi connectivity index (χ4n) is 1.81. The van der Waals surface area contributed by atoms with Crippen LogP contribution < -0.4 is 10.6 Å². The van der Waals surface area contributed by atoms with Crippen LogP contribution in [0.2, 0.25) is 5.02 Å². The highest BCUT2D eigenvalue weighted by atomic mass is 35.5. The third-order valence-corrected chi connectivity index (χ3v) is 3.39. The van der Waals surface area contributed by atoms with Crippen LogP contribution >= 0.6 is 11.6 Å². The number of benzene rings is 1. The number of hydrogen-bond donors (Lipinski definition) is 3. The van der Waals surface area contributed by atoms with E-state index in [1.54, 1.807) is 24.3 Å². The maximum atomic E-state index is 11.6. The Labute approximate surface area is 121 Å². The van der Waals surface area contributed by atoms with Crippen molar-refractivity contribution in [2.24, 2.45) is 0 Å². The van der Waals surface area contributed by atoms with Crippen molar-refractivity contribution in [3.63, 3.8) is 0 Å². The van der Waals surface area contributed by atoms with Gasteiger partial charge in [0.2, 0.25) is 5.91 Å². The average molecular weight is 298 g/mol. The second-order valence-electron chi connectivity index (χ2n) is 4.60. The Bertz CT molecular complexity index is 488. The molecule has 0 spiro atoms. The van der Waals surface area contributed by atoms with E-state index in [9.17, 15) is 9.59 Å². The molecule has 1 aliphatic rings. The van der Waals surface area contributed by atoms with Crippen LogP contribution in [0, 0.1) is 0 Å². The minimum atomic E-state index is -1.08. The molecule has 1 saturated heterocycles. The lowest BCUT2D eigenvalue weighted by atomic mass is 10.1. The standard InChI is InChI=1S/C13H16ClN3O3/c14-10-3-1-9(2-4-10)7-17(13(19)20)8-16-12(18)11-5-6-15-11/h1-4,11,15H,5-8H2,(H,16,18)(H,19,20). The molecule has 0 radical (unpaired) electrons. The van der Waals surface area contributed by atoms with Gasteiger partial charge in [0.1, 0.15) is 0 Å². The maximum absolute atomic E-state index is 11.6. The number of rotatable bonds is 5. The first kappa shape index (κ1) is 14.6. The van der Waals surface area contributed by atoms with E-state index in [-0.39, 0.29) is 25.2 Å². The number of carboxylic acid groups (broad SMARTS) is 1. The van der Waals surface area contributed by atoms with Gasteiger partial charge in [-0.1, -0.05) is 23.7 Å². The number of amides is 2. The predicted octanol–water partition coefficient (Wildman–Crippen LogP) is 1.26. The first-order valence-corrected chi connectivity index (χ1v) is 6.67. The van der Waals surface area contributed by atoms with Gasteiger partial charge in [0, 0.05) is 5.02 Å². The molecule has 0 aliphatic carbocycles. The smallest absolute Gasteiger partial charge is 0.409 e. The summed E-state index contributed by atoms with van der Waals surface area (Å²) in [6, 6.07) is 6.73. The largest absolute Gasteiger partial charge is 0.465 e. The lowest BCUT2D eigenvalue weighted by molar-refractivity contribution is -0.125. The number of carbonyl (C=O) groups excluding carboxylic acids is 1. The molecule has 1 heterocycles. The fraction of sp³-hybridized carbons (Fsp3) is 0.385. The Morgan fingerprint density at radius 1 is 1.40 bits per heavy atom. The van der Waals surface area contributed by atoms with E-state index in [1.165, 1.54) is 0 Å². The molecule has 1 atom stereocenters. The summed E-state index contributed by atoms with van der Waals surface area (Å²) in [7, 11) is 0. The molecular formula is C13H16ClN3O3. The first-order chi connectivity index (χ1) is 9.56. The molecule has 3 N–H and O–H groups in total. The molecule has 1 unspecified atom stereocenters. The van der Waals surface area contributed by atoms with E-state index in [4.69, 9.17) is 16.7 Å². The molecule has 6 nitrogen and oxygen atoms in total. The van der Waals surface area contributed by atoms with Crippen molar-refractivity contribution in [2.75, 3.05) is 13.2 Å². The third kappa shape index (κ3) is 3.85. The van der Waals surface area contributed by atoms with Gasteiger partial charge in [-0.3, -0.25) is 9.69 Å². The van der Waals surface area contributed by atoms with Gasteiger partial charge in [-0.05, 0) is 30.7 Å². The van der Waals surface area contributed by atoms with Crippen LogP contribution in [0.15, 0.2) is 24.3 Å². The van der Waals surface area contributed by atoms with Crippen LogP contribution in [-0.4, -0.2) is 41.3 Å². The summed E-state index contributed by atoms with van der Waals surface area (Å²) in [5, 5.41) is 15.3. The van der Waals surface area contributed by atoms with Crippen LogP contribution in [0.3, 0.4) is 0 Å². The first-order valence-electron chi connectivity index (χ1n) is 6.29. The van der Waals surface area contributed by atoms with Gasteiger partial charge in [-0.15, -0.1) is 0 Å². The van der Waals surface area contributed by atoms with Crippen LogP contribution in [-0.2, 0) is 11.3 Å². The Morgan fingerprint density at radius 3 is 2.55 bits per heavy atom. The van der Waals surface area contributed by atoms with E-state index in [2.05, 4.69) is 10.6 Å². The van der Waals surface area contributed by atoms with E-state index in [1.807, 2.05) is 0 Å². The minimum absolute atomic E-state index is 0.0328. The van der Waals surface area contributed by atoms with E-state index in [0.29, 0.717) is 5.02 Å². The number of carbonyl (C=O) groups is 2. The normalized spacial score (nSPS) is 17.1. The highest BCUT2D eigenvalue weighted by Gasteiger charge is 2.25. The number of halogens is 1. The number of nitrogens with zero attached hydrogens (tertiary/aromatic N) is 1. The van der Waals surface area contributed by atoms with Gasteiger partial charge in [-0.2, -0.15) is 0 Å². The fourth-order valence-corrected chi connectivity index (χ4v) is 1.94. The van der Waals surface area contributed by atoms with Crippen LogP contribution in [0.1, 0.15) is 12.0 Å². The average Bonchev–Trinajstić information content (AvgIpc) is 2.34. The van der Waals surface area contributed by atoms with Crippen molar-refractivity contribution in [2.45, 2.75) is 19.0 Å². The summed E-state index contributed by atoms with van der Waals surface area (Å²) in [5.74, 6) is -0.168. The number of nitrogens with one attached hydrogen (secondary N) is 2. The minimum Gasteiger partial charge on any atom is -0.465 e. The molecule has 1 aliphatic heterocycles. The molecular weight excluding hydrogens is 282 g/mol. The Balaban J connectivity index is 1.88. The summed E-state index contributed by atoms with van der Waals surface area (Å²) in [4.78, 5) is 23.9. The lowest BCUT2D eigenvalue weighted by Crippen LogP contribution is -2.55. The van der Waals surface area contributed by atoms with Gasteiger partial charge in [0.15, 0.2) is 0 Å². The van der Waals surface area contributed by atoms with Crippen molar-refractivity contribution in [1.82, 2.24) is 15.5 Å². The van der Waals surface area contributed by atoms with Crippen LogP contribution in [0.25, 0.3) is 0 Å². The SMILES string of the molecule is O=C(NCN(Cc1ccc(Cl)cc1)C(=O)O)C1CCN1. The maximum Gasteiger partial charge on any atom is 0.409 e. The zero-order valence-electron chi connectivity index (χ0n) is 10.8. The van der Waals surface area contributed by atoms with Gasteiger partial charge >= 0.3 is 6.09 Å². The van der Waals surface area contributed by atoms with Crippen molar-refractivity contribution in [3.8, 4) is 0 Å². The Hall–Kier alpha value is -1.79. The topological polar surface area (TPSA) is 81.7 Å². The zero-order chi connectivity index (χ0) is 14.5. The molecule has 1 aromatic carbocycles. The lowest BCUT2D eigenvalue weighted by Gasteiger charge is -2.28. The van der Waals surface area contributed by atoms with E-state index >= 15 is 0 Å². The van der Waals surface area contributed by atoms with Crippen molar-refractivity contribution in [3.05, 3.63) is 34.9 Å². The van der Waals surface area contributed by atoms with E-state index < -0.39 is 6.09 Å². The Kier molecular flexibility index (Phi) is 4.81. The Morgan fingerprint density at radius 2 is 2.05 bits per heavy atom. The molecule has 20 heavy (non-hydrogen) atoms. The van der Waals surface area contributed by atoms with Crippen molar-refractivity contribution >= 4 is 23.6 Å². The van der Waals surface area contributed by atoms with Crippen molar-refractivity contribution < 1.29 is 14.7 Å². The molecule has 0 bridgehead atoms. The highest BCUT2D eigenvalue weighted by Crippen LogP contribution is 2.11. The molecule has 1 aromatic rings. The monoisotopic (exact) mass is 297 g/mol. The number of hydrogen-bond acceptors (Lipinski definition) is 3. The predicted molar refractivity (Wildman–Crippen MR) is 74.4 cm³/mol. The van der Waals surface area contributed by atoms with Gasteiger partial charge in [-0.25, -0.2) is 4.79 Å². The summed E-state index contributed by atoms with van der Waals surface area (Å²) in [6.07, 6.45) is -0.294. The zero-order valence-corrected chi connectivity index (χ0v) is 11.6. The van der Waals surface area contributed by atoms with Gasteiger partial charge in [0.05, 0.1) is 19.3 Å². The summed E-state index contributed by atoms with van der Waals surface area (Å²) in [5.41, 5.74) is 0.813. The highest BCUT2D eigenvalue weighted by molar-refractivity contribution is 6.30. The van der Waals surface area contributed by atoms with Gasteiger partial charge < -0.3 is 15.7 Å². The molecule has 1 fully saturated rings. The van der Waals surface area contributed by atoms with Gasteiger partial charge in [0.25, 0.3) is 0 Å². The molecule has 7 heteroatoms. The third-order valence-electron chi connectivity index (χ3n) is 3.14. The van der Waals surface area contributed by atoms with Crippen LogP contribution in [0.5, 0.6) is 0 Å². The van der Waals surface area contributed by atoms with Crippen molar-refractivity contribution in [1.29, 1.82) is 0 Å². The second kappa shape index (κ2) is 6.58. The molecule has 2 amide bonds. The summed E-state index contributed by atoms with van der Waals surface area (Å²) in [6.45, 7) is 0.991. The summed E-state index contributed by atoms with van der Waals surface area (Å²) < 4.78 is 0. The molecule has 0 saturated carbocycles. The molecule has 108 valence electrons. The second-order valence-corrected chi connectivity index (χ2v) is 5.04. The van der Waals surface area contributed by atoms with Crippen LogP contribution in [0.4, 0.5) is 4.79 Å². The molecule has 0 aromatic heterocycles.